The Bertz CT molecular complexity index is 2040. The number of carbonyl (C=O) groups excluding carboxylic acids is 2. The van der Waals surface area contributed by atoms with Gasteiger partial charge in [0.2, 0.25) is 24.4 Å². The molecule has 47 heavy (non-hydrogen) atoms. The number of hydrogen-bond acceptors (Lipinski definition) is 10. The summed E-state index contributed by atoms with van der Waals surface area (Å²) in [5.41, 5.74) is 0.383. The molecule has 0 saturated carbocycles. The summed E-state index contributed by atoms with van der Waals surface area (Å²) in [5.74, 6) is -0.743. The molecule has 0 radical (unpaired) electrons. The van der Waals surface area contributed by atoms with Crippen LogP contribution in [-0.4, -0.2) is 80.8 Å². The predicted molar refractivity (Wildman–Crippen MR) is 172 cm³/mol. The van der Waals surface area contributed by atoms with Crippen molar-refractivity contribution in [2.45, 2.75) is 46.3 Å². The number of benzene rings is 1. The Kier molecular flexibility index (Phi) is 7.39. The average Bonchev–Trinajstić information content (AvgIpc) is 3.72. The summed E-state index contributed by atoms with van der Waals surface area (Å²) in [6.45, 7) is 8.19. The van der Waals surface area contributed by atoms with E-state index in [1.54, 1.807) is 16.8 Å². The van der Waals surface area contributed by atoms with Gasteiger partial charge in [-0.2, -0.15) is 4.39 Å². The van der Waals surface area contributed by atoms with Gasteiger partial charge in [-0.25, -0.2) is 9.97 Å². The second kappa shape index (κ2) is 11.2. The van der Waals surface area contributed by atoms with Crippen molar-refractivity contribution in [2.75, 3.05) is 43.7 Å². The molecule has 2 N–H and O–H groups in total. The SMILES string of the molecule is CC1CN(C)CCN1c1cc(NC(=O)Cn2cc(-c3cc(C=O)c(O)c4c3OCO4)c3c(=O)n4c(nc32)CC(C)(C)C4)c(Cl)c(F)n1. The number of phenols is 1. The van der Waals surface area contributed by atoms with E-state index in [4.69, 9.17) is 26.1 Å². The molecule has 15 heteroatoms. The van der Waals surface area contributed by atoms with Crippen molar-refractivity contribution >= 4 is 46.3 Å². The first-order valence-electron chi connectivity index (χ1n) is 15.2. The number of aldehydes is 1. The standard InChI is InChI=1S/C32H33ClFN7O6/c1-16-10-38(4)5-6-40(16)21-8-20(25(33)29(34)36-21)35-23(43)12-39-11-19(18-7-17(13-42)26(44)28-27(18)46-15-47-28)24-30(39)37-22-9-32(2,3)14-41(22)31(24)45/h7-8,11,13,16,44H,5-6,9-10,12,14-15H2,1-4H3,(H,35,36,43). The number of fused-ring (bicyclic) bond motifs is 3. The second-order valence-electron chi connectivity index (χ2n) is 13.2. The minimum Gasteiger partial charge on any atom is -0.504 e. The molecule has 7 rings (SSSR count). The van der Waals surface area contributed by atoms with Crippen molar-refractivity contribution in [3.8, 4) is 28.4 Å². The molecular weight excluding hydrogens is 633 g/mol. The van der Waals surface area contributed by atoms with Crippen LogP contribution in [0.25, 0.3) is 22.2 Å². The Morgan fingerprint density at radius 1 is 1.21 bits per heavy atom. The number of likely N-dealkylation sites (N-methyl/N-ethyl adjacent to an activating group) is 1. The summed E-state index contributed by atoms with van der Waals surface area (Å²) < 4.78 is 29.2. The molecular formula is C32H33ClFN7O6. The maximum absolute atomic E-state index is 15.0. The number of hydrogen-bond donors (Lipinski definition) is 2. The van der Waals surface area contributed by atoms with Crippen LogP contribution in [0.3, 0.4) is 0 Å². The van der Waals surface area contributed by atoms with Gasteiger partial charge in [0.1, 0.15) is 28.9 Å². The molecule has 1 aromatic carbocycles. The first kappa shape index (κ1) is 30.9. The van der Waals surface area contributed by atoms with E-state index in [9.17, 15) is 23.9 Å². The molecule has 1 atom stereocenters. The van der Waals surface area contributed by atoms with Crippen molar-refractivity contribution in [3.05, 3.63) is 51.0 Å². The Balaban J connectivity index is 1.30. The fourth-order valence-corrected chi connectivity index (χ4v) is 6.90. The number of phenolic OH excluding ortho intramolecular Hbond substituents is 1. The number of carbonyl (C=O) groups is 2. The number of pyridine rings is 1. The molecule has 1 fully saturated rings. The van der Waals surface area contributed by atoms with Crippen LogP contribution in [0.2, 0.25) is 5.02 Å². The quantitative estimate of drug-likeness (QED) is 0.231. The van der Waals surface area contributed by atoms with E-state index in [0.717, 1.165) is 13.1 Å². The second-order valence-corrected chi connectivity index (χ2v) is 13.5. The average molecular weight is 666 g/mol. The summed E-state index contributed by atoms with van der Waals surface area (Å²) in [6, 6.07) is 3.03. The van der Waals surface area contributed by atoms with Crippen LogP contribution >= 0.6 is 11.6 Å². The summed E-state index contributed by atoms with van der Waals surface area (Å²) in [7, 11) is 2.02. The van der Waals surface area contributed by atoms with Crippen LogP contribution in [0.15, 0.2) is 23.1 Å². The normalized spacial score (nSPS) is 18.5. The molecule has 1 saturated heterocycles. The molecule has 4 aromatic rings. The minimum absolute atomic E-state index is 0.0153. The van der Waals surface area contributed by atoms with E-state index in [1.165, 1.54) is 10.6 Å². The maximum atomic E-state index is 15.0. The molecule has 0 bridgehead atoms. The third kappa shape index (κ3) is 5.25. The number of rotatable bonds is 6. The number of ether oxygens (including phenoxy) is 2. The predicted octanol–water partition coefficient (Wildman–Crippen LogP) is 3.66. The Morgan fingerprint density at radius 3 is 2.72 bits per heavy atom. The third-order valence-corrected chi connectivity index (χ3v) is 9.32. The number of piperazine rings is 1. The number of nitrogens with one attached hydrogen (secondary N) is 1. The van der Waals surface area contributed by atoms with E-state index < -0.39 is 11.9 Å². The van der Waals surface area contributed by atoms with Crippen molar-refractivity contribution in [1.29, 1.82) is 0 Å². The van der Waals surface area contributed by atoms with Gasteiger partial charge in [0.15, 0.2) is 17.8 Å². The molecule has 0 spiro atoms. The molecule has 0 aliphatic carbocycles. The van der Waals surface area contributed by atoms with Crippen LogP contribution < -0.4 is 25.2 Å². The van der Waals surface area contributed by atoms with Gasteiger partial charge < -0.3 is 34.3 Å². The van der Waals surface area contributed by atoms with Crippen LogP contribution in [0.1, 0.15) is 37.0 Å². The largest absolute Gasteiger partial charge is 0.504 e. The summed E-state index contributed by atoms with van der Waals surface area (Å²) in [5, 5.41) is 13.2. The molecule has 13 nitrogen and oxygen atoms in total. The number of nitrogens with zero attached hydrogens (tertiary/aromatic N) is 6. The highest BCUT2D eigenvalue weighted by molar-refractivity contribution is 6.33. The number of aromatic nitrogens is 4. The van der Waals surface area contributed by atoms with Crippen molar-refractivity contribution in [1.82, 2.24) is 24.0 Å². The number of anilines is 2. The summed E-state index contributed by atoms with van der Waals surface area (Å²) in [4.78, 5) is 52.6. The monoisotopic (exact) mass is 665 g/mol. The van der Waals surface area contributed by atoms with Crippen LogP contribution in [-0.2, 0) is 24.3 Å². The number of halogens is 2. The van der Waals surface area contributed by atoms with Gasteiger partial charge in [-0.15, -0.1) is 0 Å². The zero-order valence-corrected chi connectivity index (χ0v) is 27.0. The van der Waals surface area contributed by atoms with Gasteiger partial charge in [-0.1, -0.05) is 25.4 Å². The first-order valence-corrected chi connectivity index (χ1v) is 15.6. The van der Waals surface area contributed by atoms with Crippen LogP contribution in [0.5, 0.6) is 17.2 Å². The van der Waals surface area contributed by atoms with E-state index >= 15 is 0 Å². The zero-order chi connectivity index (χ0) is 33.4. The maximum Gasteiger partial charge on any atom is 0.263 e. The number of amides is 1. The fraction of sp³-hybridized carbons (Fsp3) is 0.406. The van der Waals surface area contributed by atoms with Gasteiger partial charge in [0.05, 0.1) is 16.6 Å². The van der Waals surface area contributed by atoms with Crippen molar-refractivity contribution < 1.29 is 28.6 Å². The van der Waals surface area contributed by atoms with Crippen LogP contribution in [0.4, 0.5) is 15.9 Å². The molecule has 246 valence electrons. The lowest BCUT2D eigenvalue weighted by atomic mass is 9.92. The minimum atomic E-state index is -0.901. The molecule has 3 aliphatic heterocycles. The highest BCUT2D eigenvalue weighted by Crippen LogP contribution is 2.50. The van der Waals surface area contributed by atoms with Crippen LogP contribution in [0, 0.1) is 11.4 Å². The van der Waals surface area contributed by atoms with Crippen molar-refractivity contribution in [2.24, 2.45) is 5.41 Å². The topological polar surface area (TPSA) is 144 Å². The summed E-state index contributed by atoms with van der Waals surface area (Å²) in [6.07, 6.45) is 2.60. The van der Waals surface area contributed by atoms with Gasteiger partial charge in [0.25, 0.3) is 5.56 Å². The fourth-order valence-electron chi connectivity index (χ4n) is 6.76. The van der Waals surface area contributed by atoms with E-state index in [0.29, 0.717) is 48.6 Å². The van der Waals surface area contributed by atoms with Gasteiger partial charge in [-0.3, -0.25) is 19.0 Å². The van der Waals surface area contributed by atoms with E-state index in [1.807, 2.05) is 32.7 Å². The smallest absolute Gasteiger partial charge is 0.263 e. The first-order chi connectivity index (χ1) is 22.3. The lowest BCUT2D eigenvalue weighted by molar-refractivity contribution is -0.116. The Labute approximate surface area is 273 Å². The van der Waals surface area contributed by atoms with Gasteiger partial charge in [0, 0.05) is 62.0 Å². The highest BCUT2D eigenvalue weighted by atomic mass is 35.5. The highest BCUT2D eigenvalue weighted by Gasteiger charge is 2.34. The molecule has 1 amide bonds. The van der Waals surface area contributed by atoms with Crippen molar-refractivity contribution in [3.63, 3.8) is 0 Å². The van der Waals surface area contributed by atoms with Gasteiger partial charge in [-0.05, 0) is 25.5 Å². The molecule has 1 unspecified atom stereocenters. The van der Waals surface area contributed by atoms with E-state index in [-0.39, 0.29) is 74.9 Å². The Morgan fingerprint density at radius 2 is 1.98 bits per heavy atom. The third-order valence-electron chi connectivity index (χ3n) is 8.96. The van der Waals surface area contributed by atoms with Gasteiger partial charge >= 0.3 is 0 Å². The molecule has 3 aromatic heterocycles. The number of aromatic hydroxyl groups is 1. The zero-order valence-electron chi connectivity index (χ0n) is 26.3. The lowest BCUT2D eigenvalue weighted by Crippen LogP contribution is -2.50. The Hall–Kier alpha value is -4.69. The molecule has 6 heterocycles. The molecule has 3 aliphatic rings. The van der Waals surface area contributed by atoms with E-state index in [2.05, 4.69) is 15.2 Å². The summed E-state index contributed by atoms with van der Waals surface area (Å²) >= 11 is 6.28. The lowest BCUT2D eigenvalue weighted by Gasteiger charge is -2.39.